The summed E-state index contributed by atoms with van der Waals surface area (Å²) in [5, 5.41) is 3.27. The first-order valence-corrected chi connectivity index (χ1v) is 7.65. The molecule has 2 unspecified atom stereocenters. The Morgan fingerprint density at radius 3 is 2.74 bits per heavy atom. The molecular weight excluding hydrogens is 240 g/mol. The molecule has 112 valence electrons. The summed E-state index contributed by atoms with van der Waals surface area (Å²) in [6.07, 6.45) is 5.39. The lowest BCUT2D eigenvalue weighted by molar-refractivity contribution is -0.153. The summed E-state index contributed by atoms with van der Waals surface area (Å²) in [6.45, 7) is 6.72. The summed E-state index contributed by atoms with van der Waals surface area (Å²) >= 11 is 0. The molecule has 0 spiro atoms. The Balaban J connectivity index is 2.62. The van der Waals surface area contributed by atoms with Crippen LogP contribution in [0.4, 0.5) is 0 Å². The van der Waals surface area contributed by atoms with Crippen molar-refractivity contribution in [3.63, 3.8) is 0 Å². The van der Waals surface area contributed by atoms with Crippen molar-refractivity contribution in [1.29, 1.82) is 0 Å². The molecule has 0 aromatic carbocycles. The van der Waals surface area contributed by atoms with Crippen LogP contribution in [0.2, 0.25) is 0 Å². The van der Waals surface area contributed by atoms with Gasteiger partial charge >= 0.3 is 5.97 Å². The molecule has 0 saturated heterocycles. The number of likely N-dealkylation sites (N-methyl/N-ethyl adjacent to an activating group) is 1. The highest BCUT2D eigenvalue weighted by atomic mass is 16.5. The van der Waals surface area contributed by atoms with E-state index in [1.165, 1.54) is 6.42 Å². The molecule has 0 aromatic rings. The fourth-order valence-corrected chi connectivity index (χ4v) is 3.30. The van der Waals surface area contributed by atoms with Crippen molar-refractivity contribution in [3.8, 4) is 0 Å². The van der Waals surface area contributed by atoms with Gasteiger partial charge in [-0.05, 0) is 65.7 Å². The molecule has 4 nitrogen and oxygen atoms in total. The van der Waals surface area contributed by atoms with Gasteiger partial charge in [-0.1, -0.05) is 13.3 Å². The molecule has 1 aliphatic carbocycles. The molecule has 0 aliphatic heterocycles. The molecule has 1 aliphatic rings. The predicted molar refractivity (Wildman–Crippen MR) is 78.2 cm³/mol. The third kappa shape index (κ3) is 3.93. The predicted octanol–water partition coefficient (Wildman–Crippen LogP) is 2.04. The monoisotopic (exact) mass is 270 g/mol. The first-order valence-electron chi connectivity index (χ1n) is 7.65. The average molecular weight is 270 g/mol. The summed E-state index contributed by atoms with van der Waals surface area (Å²) in [6, 6.07) is 0. The Morgan fingerprint density at radius 2 is 2.16 bits per heavy atom. The Labute approximate surface area is 117 Å². The number of nitrogens with zero attached hydrogens (tertiary/aromatic N) is 1. The van der Waals surface area contributed by atoms with Gasteiger partial charge in [-0.2, -0.15) is 0 Å². The second kappa shape index (κ2) is 7.85. The molecule has 4 heteroatoms. The van der Waals surface area contributed by atoms with Gasteiger partial charge in [0, 0.05) is 0 Å². The zero-order chi connectivity index (χ0) is 14.3. The number of hydrogen-bond acceptors (Lipinski definition) is 4. The van der Waals surface area contributed by atoms with E-state index in [9.17, 15) is 4.79 Å². The molecule has 19 heavy (non-hydrogen) atoms. The maximum atomic E-state index is 12.3. The summed E-state index contributed by atoms with van der Waals surface area (Å²) < 4.78 is 5.29. The van der Waals surface area contributed by atoms with E-state index < -0.39 is 5.54 Å². The summed E-state index contributed by atoms with van der Waals surface area (Å²) in [7, 11) is 4.05. The number of carbonyl (C=O) groups excluding carboxylic acids is 1. The van der Waals surface area contributed by atoms with Crippen LogP contribution >= 0.6 is 0 Å². The lowest BCUT2D eigenvalue weighted by Crippen LogP contribution is -2.54. The lowest BCUT2D eigenvalue weighted by Gasteiger charge is -2.33. The summed E-state index contributed by atoms with van der Waals surface area (Å²) in [5.41, 5.74) is -0.441. The third-order valence-electron chi connectivity index (χ3n) is 4.37. The van der Waals surface area contributed by atoms with Gasteiger partial charge in [0.25, 0.3) is 0 Å². The van der Waals surface area contributed by atoms with E-state index in [1.54, 1.807) is 0 Å². The number of hydrogen-bond donors (Lipinski definition) is 1. The van der Waals surface area contributed by atoms with Gasteiger partial charge in [0.1, 0.15) is 5.54 Å². The minimum atomic E-state index is -0.441. The van der Waals surface area contributed by atoms with Gasteiger partial charge < -0.3 is 15.0 Å². The molecule has 0 aromatic heterocycles. The SMILES string of the molecule is CCCN(C)CCC1CCCC1(NC)C(=O)OCC. The minimum absolute atomic E-state index is 0.0573. The first-order chi connectivity index (χ1) is 9.10. The van der Waals surface area contributed by atoms with Gasteiger partial charge in [0.05, 0.1) is 6.61 Å². The van der Waals surface area contributed by atoms with Gasteiger partial charge in [0.2, 0.25) is 0 Å². The smallest absolute Gasteiger partial charge is 0.326 e. The molecule has 1 rings (SSSR count). The van der Waals surface area contributed by atoms with E-state index in [-0.39, 0.29) is 5.97 Å². The molecule has 1 saturated carbocycles. The van der Waals surface area contributed by atoms with E-state index in [0.717, 1.165) is 38.8 Å². The summed E-state index contributed by atoms with van der Waals surface area (Å²) in [4.78, 5) is 14.6. The van der Waals surface area contributed by atoms with Gasteiger partial charge in [-0.3, -0.25) is 4.79 Å². The van der Waals surface area contributed by atoms with E-state index in [1.807, 2.05) is 14.0 Å². The topological polar surface area (TPSA) is 41.6 Å². The van der Waals surface area contributed by atoms with Crippen molar-refractivity contribution in [2.75, 3.05) is 33.8 Å². The Morgan fingerprint density at radius 1 is 1.42 bits per heavy atom. The number of nitrogens with one attached hydrogen (secondary N) is 1. The van der Waals surface area contributed by atoms with Crippen LogP contribution in [0.25, 0.3) is 0 Å². The number of carbonyl (C=O) groups is 1. The van der Waals surface area contributed by atoms with Crippen molar-refractivity contribution in [2.24, 2.45) is 5.92 Å². The fourth-order valence-electron chi connectivity index (χ4n) is 3.30. The molecule has 0 radical (unpaired) electrons. The number of esters is 1. The second-order valence-electron chi connectivity index (χ2n) is 5.62. The van der Waals surface area contributed by atoms with E-state index in [0.29, 0.717) is 12.5 Å². The molecule has 2 atom stereocenters. The van der Waals surface area contributed by atoms with E-state index in [4.69, 9.17) is 4.74 Å². The quantitative estimate of drug-likeness (QED) is 0.685. The van der Waals surface area contributed by atoms with E-state index >= 15 is 0 Å². The zero-order valence-corrected chi connectivity index (χ0v) is 13.0. The number of ether oxygens (including phenoxy) is 1. The van der Waals surface area contributed by atoms with Crippen molar-refractivity contribution in [2.45, 2.75) is 51.5 Å². The van der Waals surface area contributed by atoms with Crippen molar-refractivity contribution < 1.29 is 9.53 Å². The lowest BCUT2D eigenvalue weighted by atomic mass is 9.84. The van der Waals surface area contributed by atoms with Crippen LogP contribution in [0.1, 0.15) is 46.0 Å². The first kappa shape index (κ1) is 16.4. The molecule has 0 bridgehead atoms. The van der Waals surface area contributed by atoms with Gasteiger partial charge in [-0.25, -0.2) is 0 Å². The standard InChI is InChI=1S/C15H30N2O2/c1-5-11-17(4)12-9-13-8-7-10-15(13,16-3)14(18)19-6-2/h13,16H,5-12H2,1-4H3. The summed E-state index contributed by atoms with van der Waals surface area (Å²) in [5.74, 6) is 0.342. The Bertz CT molecular complexity index is 283. The second-order valence-corrected chi connectivity index (χ2v) is 5.62. The van der Waals surface area contributed by atoms with Crippen molar-refractivity contribution in [3.05, 3.63) is 0 Å². The van der Waals surface area contributed by atoms with Crippen molar-refractivity contribution in [1.82, 2.24) is 10.2 Å². The third-order valence-corrected chi connectivity index (χ3v) is 4.37. The van der Waals surface area contributed by atoms with Crippen LogP contribution < -0.4 is 5.32 Å². The highest BCUT2D eigenvalue weighted by molar-refractivity contribution is 5.81. The normalized spacial score (nSPS) is 26.9. The van der Waals surface area contributed by atoms with Gasteiger partial charge in [-0.15, -0.1) is 0 Å². The Hall–Kier alpha value is -0.610. The van der Waals surface area contributed by atoms with Crippen LogP contribution in [0.5, 0.6) is 0 Å². The molecule has 1 N–H and O–H groups in total. The largest absolute Gasteiger partial charge is 0.465 e. The fraction of sp³-hybridized carbons (Fsp3) is 0.933. The van der Waals surface area contributed by atoms with Crippen LogP contribution in [0.3, 0.4) is 0 Å². The van der Waals surface area contributed by atoms with Crippen LogP contribution in [0, 0.1) is 5.92 Å². The average Bonchev–Trinajstić information content (AvgIpc) is 2.81. The van der Waals surface area contributed by atoms with Gasteiger partial charge in [0.15, 0.2) is 0 Å². The molecular formula is C15H30N2O2. The van der Waals surface area contributed by atoms with E-state index in [2.05, 4.69) is 24.2 Å². The maximum Gasteiger partial charge on any atom is 0.326 e. The molecule has 1 fully saturated rings. The van der Waals surface area contributed by atoms with Crippen molar-refractivity contribution >= 4 is 5.97 Å². The number of rotatable bonds is 8. The minimum Gasteiger partial charge on any atom is -0.465 e. The maximum absolute atomic E-state index is 12.3. The van der Waals surface area contributed by atoms with Crippen LogP contribution in [0.15, 0.2) is 0 Å². The van der Waals surface area contributed by atoms with Crippen LogP contribution in [-0.4, -0.2) is 50.2 Å². The zero-order valence-electron chi connectivity index (χ0n) is 13.0. The Kier molecular flexibility index (Phi) is 6.80. The highest BCUT2D eigenvalue weighted by Gasteiger charge is 2.48. The molecule has 0 amide bonds. The highest BCUT2D eigenvalue weighted by Crippen LogP contribution is 2.38. The molecule has 0 heterocycles. The van der Waals surface area contributed by atoms with Crippen LogP contribution in [-0.2, 0) is 9.53 Å².